The first kappa shape index (κ1) is 21.8. The monoisotopic (exact) mass is 510 g/mol. The highest BCUT2D eigenvalue weighted by Gasteiger charge is 2.31. The lowest BCUT2D eigenvalue weighted by Crippen LogP contribution is -2.21. The summed E-state index contributed by atoms with van der Waals surface area (Å²) in [4.78, 5) is 12.2. The van der Waals surface area contributed by atoms with E-state index in [1.807, 2.05) is 18.2 Å². The quantitative estimate of drug-likeness (QED) is 0.369. The molecule has 32 heavy (non-hydrogen) atoms. The Balaban J connectivity index is 1.54. The van der Waals surface area contributed by atoms with Crippen molar-refractivity contribution in [1.82, 2.24) is 0 Å². The molecule has 1 aliphatic heterocycles. The lowest BCUT2D eigenvalue weighted by Gasteiger charge is -2.26. The van der Waals surface area contributed by atoms with Crippen molar-refractivity contribution < 1.29 is 19.0 Å². The summed E-state index contributed by atoms with van der Waals surface area (Å²) in [5.41, 5.74) is 7.81. The van der Waals surface area contributed by atoms with E-state index >= 15 is 0 Å². The number of hydrogen-bond acceptors (Lipinski definition) is 6. The van der Waals surface area contributed by atoms with Gasteiger partial charge in [0.15, 0.2) is 6.61 Å². The lowest BCUT2D eigenvalue weighted by atomic mass is 9.83. The van der Waals surface area contributed by atoms with Gasteiger partial charge in [0.05, 0.1) is 5.92 Å². The maximum atomic E-state index is 12.2. The van der Waals surface area contributed by atoms with Gasteiger partial charge in [-0.25, -0.2) is 4.79 Å². The lowest BCUT2D eigenvalue weighted by molar-refractivity contribution is -0.136. The van der Waals surface area contributed by atoms with Crippen LogP contribution in [-0.4, -0.2) is 12.6 Å². The van der Waals surface area contributed by atoms with Crippen molar-refractivity contribution in [2.75, 3.05) is 6.61 Å². The first-order chi connectivity index (χ1) is 15.4. The molecule has 0 spiro atoms. The van der Waals surface area contributed by atoms with Gasteiger partial charge >= 0.3 is 5.97 Å². The van der Waals surface area contributed by atoms with Gasteiger partial charge in [-0.1, -0.05) is 45.7 Å². The molecule has 3 aromatic carbocycles. The third-order valence-corrected chi connectivity index (χ3v) is 5.54. The second-order valence-corrected chi connectivity index (χ2v) is 8.25. The number of halogens is 2. The third-order valence-electron chi connectivity index (χ3n) is 4.77. The van der Waals surface area contributed by atoms with Gasteiger partial charge in [-0.05, 0) is 48.0 Å². The number of benzene rings is 3. The predicted molar refractivity (Wildman–Crippen MR) is 122 cm³/mol. The van der Waals surface area contributed by atoms with E-state index < -0.39 is 11.9 Å². The smallest absolute Gasteiger partial charge is 0.349 e. The molecule has 0 fully saturated rings. The van der Waals surface area contributed by atoms with Gasteiger partial charge in [0.1, 0.15) is 28.9 Å². The van der Waals surface area contributed by atoms with Gasteiger partial charge in [0.25, 0.3) is 0 Å². The Kier molecular flexibility index (Phi) is 6.35. The second-order valence-electron chi connectivity index (χ2n) is 6.90. The Labute approximate surface area is 197 Å². The van der Waals surface area contributed by atoms with E-state index in [0.717, 1.165) is 10.0 Å². The Morgan fingerprint density at radius 3 is 2.59 bits per heavy atom. The van der Waals surface area contributed by atoms with Crippen LogP contribution in [0.2, 0.25) is 5.02 Å². The summed E-state index contributed by atoms with van der Waals surface area (Å²) in [5.74, 6) is 0.179. The van der Waals surface area contributed by atoms with Crippen molar-refractivity contribution in [2.45, 2.75) is 5.92 Å². The Bertz CT molecular complexity index is 1250. The van der Waals surface area contributed by atoms with Crippen molar-refractivity contribution in [3.8, 4) is 23.3 Å². The molecule has 2 N–H and O–H groups in total. The van der Waals surface area contributed by atoms with Crippen molar-refractivity contribution in [2.24, 2.45) is 5.73 Å². The van der Waals surface area contributed by atoms with Gasteiger partial charge in [0, 0.05) is 21.1 Å². The summed E-state index contributed by atoms with van der Waals surface area (Å²) in [6, 6.07) is 21.4. The number of ether oxygens (including phenoxy) is 3. The van der Waals surface area contributed by atoms with Crippen LogP contribution >= 0.6 is 27.5 Å². The molecule has 1 aliphatic rings. The zero-order valence-corrected chi connectivity index (χ0v) is 18.9. The van der Waals surface area contributed by atoms with Crippen LogP contribution in [0.15, 0.2) is 82.7 Å². The number of esters is 1. The molecule has 1 atom stereocenters. The largest absolute Gasteiger partial charge is 0.482 e. The number of rotatable bonds is 5. The molecule has 0 saturated carbocycles. The molecule has 8 heteroatoms. The van der Waals surface area contributed by atoms with E-state index in [9.17, 15) is 10.1 Å². The maximum Gasteiger partial charge on any atom is 0.349 e. The van der Waals surface area contributed by atoms with Gasteiger partial charge < -0.3 is 19.9 Å². The van der Waals surface area contributed by atoms with E-state index in [2.05, 4.69) is 22.0 Å². The van der Waals surface area contributed by atoms with E-state index in [0.29, 0.717) is 22.1 Å². The van der Waals surface area contributed by atoms with Crippen LogP contribution in [0.25, 0.3) is 0 Å². The molecule has 1 heterocycles. The van der Waals surface area contributed by atoms with E-state index in [1.54, 1.807) is 48.5 Å². The standard InChI is InChI=1S/C24H16BrClN2O4/c25-15-4-6-17(7-5-15)30-13-22(29)31-18-8-9-19-21(11-18)32-24(28)20(12-27)23(19)14-2-1-3-16(26)10-14/h1-11,23H,13,28H2. The third kappa shape index (κ3) is 4.72. The summed E-state index contributed by atoms with van der Waals surface area (Å²) in [7, 11) is 0. The van der Waals surface area contributed by atoms with Crippen molar-refractivity contribution >= 4 is 33.5 Å². The molecule has 0 saturated heterocycles. The molecule has 160 valence electrons. The summed E-state index contributed by atoms with van der Waals surface area (Å²) in [6.07, 6.45) is 0. The van der Waals surface area contributed by atoms with Crippen molar-refractivity contribution in [3.05, 3.63) is 98.8 Å². The maximum absolute atomic E-state index is 12.2. The van der Waals surface area contributed by atoms with Crippen LogP contribution in [0.4, 0.5) is 0 Å². The zero-order chi connectivity index (χ0) is 22.7. The minimum absolute atomic E-state index is 0.00739. The first-order valence-corrected chi connectivity index (χ1v) is 10.7. The molecular formula is C24H16BrClN2O4. The van der Waals surface area contributed by atoms with E-state index in [4.69, 9.17) is 31.5 Å². The highest BCUT2D eigenvalue weighted by molar-refractivity contribution is 9.10. The number of carbonyl (C=O) groups excluding carboxylic acids is 1. The predicted octanol–water partition coefficient (Wildman–Crippen LogP) is 5.31. The number of carbonyl (C=O) groups is 1. The van der Waals surface area contributed by atoms with Crippen LogP contribution in [-0.2, 0) is 4.79 Å². The number of hydrogen-bond donors (Lipinski definition) is 1. The number of allylic oxidation sites excluding steroid dienone is 1. The highest BCUT2D eigenvalue weighted by Crippen LogP contribution is 2.43. The fourth-order valence-electron chi connectivity index (χ4n) is 3.36. The van der Waals surface area contributed by atoms with Crippen LogP contribution < -0.4 is 19.9 Å². The Morgan fingerprint density at radius 2 is 1.88 bits per heavy atom. The van der Waals surface area contributed by atoms with Crippen molar-refractivity contribution in [3.63, 3.8) is 0 Å². The fraction of sp³-hybridized carbons (Fsp3) is 0.0833. The number of nitriles is 1. The molecule has 1 unspecified atom stereocenters. The number of fused-ring (bicyclic) bond motifs is 1. The zero-order valence-electron chi connectivity index (χ0n) is 16.5. The first-order valence-electron chi connectivity index (χ1n) is 9.50. The Hall–Kier alpha value is -3.47. The van der Waals surface area contributed by atoms with Crippen LogP contribution in [0, 0.1) is 11.3 Å². The fourth-order valence-corrected chi connectivity index (χ4v) is 3.83. The summed E-state index contributed by atoms with van der Waals surface area (Å²) >= 11 is 9.49. The summed E-state index contributed by atoms with van der Waals surface area (Å²) < 4.78 is 17.4. The molecule has 0 radical (unpaired) electrons. The molecule has 0 aliphatic carbocycles. The van der Waals surface area contributed by atoms with Gasteiger partial charge in [-0.15, -0.1) is 0 Å². The van der Waals surface area contributed by atoms with Gasteiger partial charge in [-0.2, -0.15) is 5.26 Å². The van der Waals surface area contributed by atoms with E-state index in [-0.39, 0.29) is 23.8 Å². The van der Waals surface area contributed by atoms with E-state index in [1.165, 1.54) is 0 Å². The minimum Gasteiger partial charge on any atom is -0.482 e. The molecule has 3 aromatic rings. The molecule has 0 amide bonds. The molecule has 4 rings (SSSR count). The average molecular weight is 512 g/mol. The topological polar surface area (TPSA) is 94.6 Å². The highest BCUT2D eigenvalue weighted by atomic mass is 79.9. The molecule has 0 bridgehead atoms. The summed E-state index contributed by atoms with van der Waals surface area (Å²) in [5, 5.41) is 10.2. The normalized spacial score (nSPS) is 14.7. The van der Waals surface area contributed by atoms with Gasteiger partial charge in [-0.3, -0.25) is 0 Å². The van der Waals surface area contributed by atoms with Crippen LogP contribution in [0.3, 0.4) is 0 Å². The van der Waals surface area contributed by atoms with Crippen LogP contribution in [0.5, 0.6) is 17.2 Å². The molecular weight excluding hydrogens is 496 g/mol. The Morgan fingerprint density at radius 1 is 1.12 bits per heavy atom. The summed E-state index contributed by atoms with van der Waals surface area (Å²) in [6.45, 7) is -0.259. The second kappa shape index (κ2) is 9.35. The molecule has 6 nitrogen and oxygen atoms in total. The van der Waals surface area contributed by atoms with Crippen molar-refractivity contribution in [1.29, 1.82) is 5.26 Å². The number of nitrogens with two attached hydrogens (primary N) is 1. The molecule has 0 aromatic heterocycles. The van der Waals surface area contributed by atoms with Crippen LogP contribution in [0.1, 0.15) is 17.0 Å². The average Bonchev–Trinajstić information content (AvgIpc) is 2.77. The van der Waals surface area contributed by atoms with Gasteiger partial charge in [0.2, 0.25) is 5.88 Å². The number of nitrogens with zero attached hydrogens (tertiary/aromatic N) is 1. The minimum atomic E-state index is -0.573. The SMILES string of the molecule is N#CC1=C(N)Oc2cc(OC(=O)COc3ccc(Br)cc3)ccc2C1c1cccc(Cl)c1.